The topological polar surface area (TPSA) is 109 Å². The maximum atomic E-state index is 10.7. The molecule has 2 rings (SSSR count). The monoisotopic (exact) mass is 368 g/mol. The fraction of sp³-hybridized carbons (Fsp3) is 0. The summed E-state index contributed by atoms with van der Waals surface area (Å²) in [5.41, 5.74) is 0.806. The molecule has 0 aliphatic carbocycles. The zero-order valence-electron chi connectivity index (χ0n) is 12.5. The minimum Gasteiger partial charge on any atom is -0.282 e. The van der Waals surface area contributed by atoms with Crippen LogP contribution in [0, 0.1) is 0 Å². The second kappa shape index (κ2) is 8.02. The van der Waals surface area contributed by atoms with E-state index in [1.807, 2.05) is 0 Å². The Bertz CT molecular complexity index is 865. The van der Waals surface area contributed by atoms with Crippen molar-refractivity contribution in [3.05, 3.63) is 72.8 Å². The Balaban J connectivity index is 0.000000240. The van der Waals surface area contributed by atoms with Crippen LogP contribution < -0.4 is 0 Å². The summed E-state index contributed by atoms with van der Waals surface area (Å²) in [6.07, 6.45) is 2.76. The number of benzene rings is 2. The first kappa shape index (κ1) is 19.8. The van der Waals surface area contributed by atoms with Crippen LogP contribution in [0.15, 0.2) is 71.5 Å². The van der Waals surface area contributed by atoms with Gasteiger partial charge in [0, 0.05) is 0 Å². The van der Waals surface area contributed by atoms with Crippen molar-refractivity contribution in [2.75, 3.05) is 0 Å². The molecule has 8 heteroatoms. The van der Waals surface area contributed by atoms with Gasteiger partial charge in [-0.05, 0) is 23.3 Å². The smallest absolute Gasteiger partial charge is 0.282 e. The van der Waals surface area contributed by atoms with Crippen LogP contribution in [-0.2, 0) is 20.2 Å². The van der Waals surface area contributed by atoms with E-state index in [1.165, 1.54) is 36.4 Å². The normalized spacial score (nSPS) is 11.1. The first-order valence-corrected chi connectivity index (χ1v) is 9.37. The molecule has 128 valence electrons. The average molecular weight is 368 g/mol. The van der Waals surface area contributed by atoms with Crippen molar-refractivity contribution in [3.8, 4) is 0 Å². The molecule has 0 fully saturated rings. The molecule has 0 aromatic heterocycles. The molecular formula is C16H16O6S2. The zero-order chi connectivity index (χ0) is 18.4. The van der Waals surface area contributed by atoms with E-state index >= 15 is 0 Å². The highest BCUT2D eigenvalue weighted by Gasteiger charge is 2.12. The van der Waals surface area contributed by atoms with Gasteiger partial charge in [0.05, 0.1) is 0 Å². The average Bonchev–Trinajstić information content (AvgIpc) is 2.53. The van der Waals surface area contributed by atoms with Crippen LogP contribution in [0.2, 0.25) is 0 Å². The van der Waals surface area contributed by atoms with E-state index in [0.717, 1.165) is 0 Å². The van der Waals surface area contributed by atoms with Crippen molar-refractivity contribution >= 4 is 32.4 Å². The Morgan fingerprint density at radius 1 is 0.667 bits per heavy atom. The van der Waals surface area contributed by atoms with Crippen molar-refractivity contribution in [2.24, 2.45) is 0 Å². The van der Waals surface area contributed by atoms with Gasteiger partial charge in [-0.15, -0.1) is 0 Å². The molecular weight excluding hydrogens is 352 g/mol. The molecule has 0 heterocycles. The van der Waals surface area contributed by atoms with Gasteiger partial charge in [0.15, 0.2) is 0 Å². The third-order valence-electron chi connectivity index (χ3n) is 2.83. The predicted octanol–water partition coefficient (Wildman–Crippen LogP) is 3.15. The van der Waals surface area contributed by atoms with Gasteiger partial charge in [0.1, 0.15) is 9.79 Å². The van der Waals surface area contributed by atoms with Crippen LogP contribution in [0.5, 0.6) is 0 Å². The third-order valence-corrected chi connectivity index (χ3v) is 4.69. The lowest BCUT2D eigenvalue weighted by molar-refractivity contribution is 0.480. The summed E-state index contributed by atoms with van der Waals surface area (Å²) in [6, 6.07) is 12.2. The SMILES string of the molecule is C=Cc1ccccc1S(=O)(=O)O.C=Cc1ccccc1S(=O)(=O)O. The van der Waals surface area contributed by atoms with Crippen LogP contribution in [0.4, 0.5) is 0 Å². The van der Waals surface area contributed by atoms with Crippen molar-refractivity contribution in [1.82, 2.24) is 0 Å². The molecule has 0 spiro atoms. The van der Waals surface area contributed by atoms with E-state index in [0.29, 0.717) is 11.1 Å². The van der Waals surface area contributed by atoms with Crippen LogP contribution in [0.1, 0.15) is 11.1 Å². The fourth-order valence-electron chi connectivity index (χ4n) is 1.77. The molecule has 2 aromatic carbocycles. The minimum absolute atomic E-state index is 0.111. The Morgan fingerprint density at radius 3 is 1.17 bits per heavy atom. The quantitative estimate of drug-likeness (QED) is 0.803. The molecule has 2 N–H and O–H groups in total. The van der Waals surface area contributed by atoms with E-state index in [-0.39, 0.29) is 9.79 Å². The van der Waals surface area contributed by atoms with Gasteiger partial charge in [-0.2, -0.15) is 16.8 Å². The fourth-order valence-corrected chi connectivity index (χ4v) is 3.17. The van der Waals surface area contributed by atoms with Crippen molar-refractivity contribution < 1.29 is 25.9 Å². The lowest BCUT2D eigenvalue weighted by atomic mass is 10.2. The Labute approximate surface area is 141 Å². The van der Waals surface area contributed by atoms with Crippen molar-refractivity contribution in [2.45, 2.75) is 9.79 Å². The largest absolute Gasteiger partial charge is 0.295 e. The Kier molecular flexibility index (Phi) is 6.61. The van der Waals surface area contributed by atoms with Crippen LogP contribution >= 0.6 is 0 Å². The van der Waals surface area contributed by atoms with Crippen LogP contribution in [0.3, 0.4) is 0 Å². The van der Waals surface area contributed by atoms with Gasteiger partial charge in [-0.1, -0.05) is 61.7 Å². The summed E-state index contributed by atoms with van der Waals surface area (Å²) in [5.74, 6) is 0. The summed E-state index contributed by atoms with van der Waals surface area (Å²) in [7, 11) is -8.23. The van der Waals surface area contributed by atoms with Gasteiger partial charge < -0.3 is 0 Å². The van der Waals surface area contributed by atoms with Gasteiger partial charge >= 0.3 is 0 Å². The van der Waals surface area contributed by atoms with Crippen LogP contribution in [-0.4, -0.2) is 25.9 Å². The Hall–Kier alpha value is -2.26. The van der Waals surface area contributed by atoms with Gasteiger partial charge in [-0.25, -0.2) is 0 Å². The van der Waals surface area contributed by atoms with Gasteiger partial charge in [0.2, 0.25) is 0 Å². The first-order valence-electron chi connectivity index (χ1n) is 6.49. The van der Waals surface area contributed by atoms with Crippen LogP contribution in [0.25, 0.3) is 12.2 Å². The van der Waals surface area contributed by atoms with E-state index < -0.39 is 20.2 Å². The zero-order valence-corrected chi connectivity index (χ0v) is 14.2. The summed E-state index contributed by atoms with van der Waals surface area (Å²) in [4.78, 5) is -0.222. The number of hydrogen-bond acceptors (Lipinski definition) is 4. The molecule has 6 nitrogen and oxygen atoms in total. The lowest BCUT2D eigenvalue weighted by Crippen LogP contribution is -1.99. The third kappa shape index (κ3) is 5.43. The highest BCUT2D eigenvalue weighted by Crippen LogP contribution is 2.16. The molecule has 0 radical (unpaired) electrons. The summed E-state index contributed by atoms with van der Waals surface area (Å²) < 4.78 is 60.3. The van der Waals surface area contributed by atoms with Gasteiger partial charge in [-0.3, -0.25) is 9.11 Å². The van der Waals surface area contributed by atoms with E-state index in [9.17, 15) is 16.8 Å². The second-order valence-corrected chi connectivity index (χ2v) is 7.21. The highest BCUT2D eigenvalue weighted by molar-refractivity contribution is 7.86. The molecule has 0 unspecified atom stereocenters. The molecule has 24 heavy (non-hydrogen) atoms. The first-order chi connectivity index (χ1) is 11.1. The lowest BCUT2D eigenvalue weighted by Gasteiger charge is -2.00. The Morgan fingerprint density at radius 2 is 0.958 bits per heavy atom. The predicted molar refractivity (Wildman–Crippen MR) is 92.7 cm³/mol. The number of rotatable bonds is 4. The van der Waals surface area contributed by atoms with E-state index in [2.05, 4.69) is 13.2 Å². The van der Waals surface area contributed by atoms with Crippen molar-refractivity contribution in [3.63, 3.8) is 0 Å². The van der Waals surface area contributed by atoms with E-state index in [4.69, 9.17) is 9.11 Å². The summed E-state index contributed by atoms with van der Waals surface area (Å²) >= 11 is 0. The maximum Gasteiger partial charge on any atom is 0.295 e. The standard InChI is InChI=1S/2C8H8O3S/c2*1-2-7-5-3-4-6-8(7)12(9,10)11/h2*2-6H,1H2,(H,9,10,11). The molecule has 0 aliphatic rings. The molecule has 2 aromatic rings. The maximum absolute atomic E-state index is 10.7. The highest BCUT2D eigenvalue weighted by atomic mass is 32.2. The molecule has 0 atom stereocenters. The van der Waals surface area contributed by atoms with Gasteiger partial charge in [0.25, 0.3) is 20.2 Å². The molecule has 0 saturated carbocycles. The molecule has 0 amide bonds. The van der Waals surface area contributed by atoms with Crippen molar-refractivity contribution in [1.29, 1.82) is 0 Å². The van der Waals surface area contributed by atoms with E-state index in [1.54, 1.807) is 24.3 Å². The number of hydrogen-bond donors (Lipinski definition) is 2. The summed E-state index contributed by atoms with van der Waals surface area (Å²) in [6.45, 7) is 6.86. The molecule has 0 saturated heterocycles. The molecule has 0 bridgehead atoms. The molecule has 0 aliphatic heterocycles. The summed E-state index contributed by atoms with van der Waals surface area (Å²) in [5, 5.41) is 0. The minimum atomic E-state index is -4.12. The second-order valence-electron chi connectivity index (χ2n) is 4.43.